The highest BCUT2D eigenvalue weighted by atomic mass is 16.5. The number of hydrogen-bond acceptors (Lipinski definition) is 3. The summed E-state index contributed by atoms with van der Waals surface area (Å²) in [5.74, 6) is 0.212. The first kappa shape index (κ1) is 10.9. The molecule has 3 nitrogen and oxygen atoms in total. The van der Waals surface area contributed by atoms with Crippen molar-refractivity contribution < 1.29 is 4.74 Å². The minimum Gasteiger partial charge on any atom is -0.380 e. The second-order valence-corrected chi connectivity index (χ2v) is 5.13. The largest absolute Gasteiger partial charge is 0.380 e. The highest BCUT2D eigenvalue weighted by molar-refractivity contribution is 5.00. The molecule has 0 aromatic carbocycles. The minimum atomic E-state index is 0.0996. The SMILES string of the molecule is CC1(NC2CCCC2C#N)CCCOC1. The molecule has 1 saturated carbocycles. The molecular formula is C12H20N2O. The van der Waals surface area contributed by atoms with Crippen LogP contribution in [0.1, 0.15) is 39.0 Å². The van der Waals surface area contributed by atoms with Crippen molar-refractivity contribution in [3.8, 4) is 6.07 Å². The molecule has 0 spiro atoms. The molecule has 0 bridgehead atoms. The number of nitriles is 1. The van der Waals surface area contributed by atoms with Gasteiger partial charge < -0.3 is 10.1 Å². The van der Waals surface area contributed by atoms with Gasteiger partial charge in [-0.1, -0.05) is 6.42 Å². The Labute approximate surface area is 91.8 Å². The van der Waals surface area contributed by atoms with Gasteiger partial charge in [-0.2, -0.15) is 5.26 Å². The lowest BCUT2D eigenvalue weighted by Crippen LogP contribution is -2.54. The maximum atomic E-state index is 9.03. The highest BCUT2D eigenvalue weighted by Crippen LogP contribution is 2.28. The number of nitrogens with one attached hydrogen (secondary N) is 1. The van der Waals surface area contributed by atoms with Crippen LogP contribution in [0, 0.1) is 17.2 Å². The Balaban J connectivity index is 1.92. The van der Waals surface area contributed by atoms with Gasteiger partial charge in [0.2, 0.25) is 0 Å². The van der Waals surface area contributed by atoms with Crippen molar-refractivity contribution in [1.82, 2.24) is 5.32 Å². The van der Waals surface area contributed by atoms with Crippen molar-refractivity contribution in [2.24, 2.45) is 5.92 Å². The van der Waals surface area contributed by atoms with E-state index in [0.29, 0.717) is 6.04 Å². The predicted octanol–water partition coefficient (Wildman–Crippen LogP) is 1.84. The van der Waals surface area contributed by atoms with E-state index in [1.54, 1.807) is 0 Å². The Kier molecular flexibility index (Phi) is 3.28. The first-order chi connectivity index (χ1) is 7.23. The Morgan fingerprint density at radius 3 is 2.93 bits per heavy atom. The van der Waals surface area contributed by atoms with Gasteiger partial charge in [-0.05, 0) is 32.6 Å². The predicted molar refractivity (Wildman–Crippen MR) is 58.3 cm³/mol. The summed E-state index contributed by atoms with van der Waals surface area (Å²) in [7, 11) is 0. The third-order valence-electron chi connectivity index (χ3n) is 3.65. The molecule has 2 rings (SSSR count). The summed E-state index contributed by atoms with van der Waals surface area (Å²) in [5, 5.41) is 12.7. The van der Waals surface area contributed by atoms with Crippen molar-refractivity contribution in [3.63, 3.8) is 0 Å². The first-order valence-electron chi connectivity index (χ1n) is 5.99. The third-order valence-corrected chi connectivity index (χ3v) is 3.65. The van der Waals surface area contributed by atoms with Crippen LogP contribution in [0.4, 0.5) is 0 Å². The van der Waals surface area contributed by atoms with Gasteiger partial charge in [0.05, 0.1) is 18.6 Å². The molecule has 1 aliphatic heterocycles. The number of nitrogens with zero attached hydrogens (tertiary/aromatic N) is 1. The maximum Gasteiger partial charge on any atom is 0.0672 e. The quantitative estimate of drug-likeness (QED) is 0.753. The summed E-state index contributed by atoms with van der Waals surface area (Å²) in [6, 6.07) is 2.81. The smallest absolute Gasteiger partial charge is 0.0672 e. The fraction of sp³-hybridized carbons (Fsp3) is 0.917. The van der Waals surface area contributed by atoms with E-state index < -0.39 is 0 Å². The van der Waals surface area contributed by atoms with E-state index in [-0.39, 0.29) is 11.5 Å². The van der Waals surface area contributed by atoms with E-state index in [4.69, 9.17) is 10.00 Å². The fourth-order valence-corrected chi connectivity index (χ4v) is 2.78. The van der Waals surface area contributed by atoms with Gasteiger partial charge >= 0.3 is 0 Å². The molecular weight excluding hydrogens is 188 g/mol. The van der Waals surface area contributed by atoms with Gasteiger partial charge in [-0.15, -0.1) is 0 Å². The summed E-state index contributed by atoms with van der Waals surface area (Å²) < 4.78 is 5.52. The second kappa shape index (κ2) is 4.51. The number of ether oxygens (including phenoxy) is 1. The molecule has 15 heavy (non-hydrogen) atoms. The van der Waals surface area contributed by atoms with E-state index in [0.717, 1.165) is 32.5 Å². The Morgan fingerprint density at radius 2 is 2.27 bits per heavy atom. The van der Waals surface area contributed by atoms with Gasteiger partial charge in [0, 0.05) is 18.2 Å². The van der Waals surface area contributed by atoms with E-state index in [1.807, 2.05) is 0 Å². The standard InChI is InChI=1S/C12H20N2O/c1-12(6-3-7-15-9-12)14-11-5-2-4-10(11)8-13/h10-11,14H,2-7,9H2,1H3. The van der Waals surface area contributed by atoms with Crippen LogP contribution >= 0.6 is 0 Å². The Hall–Kier alpha value is -0.590. The summed E-state index contributed by atoms with van der Waals surface area (Å²) in [6.45, 7) is 3.91. The molecule has 0 aromatic rings. The van der Waals surface area contributed by atoms with Crippen molar-refractivity contribution in [2.45, 2.75) is 50.6 Å². The minimum absolute atomic E-state index is 0.0996. The maximum absolute atomic E-state index is 9.03. The van der Waals surface area contributed by atoms with Crippen LogP contribution in [0.5, 0.6) is 0 Å². The lowest BCUT2D eigenvalue weighted by Gasteiger charge is -2.37. The molecule has 1 heterocycles. The van der Waals surface area contributed by atoms with Crippen LogP contribution in [-0.2, 0) is 4.74 Å². The zero-order valence-corrected chi connectivity index (χ0v) is 9.46. The molecule has 1 aliphatic carbocycles. The van der Waals surface area contributed by atoms with Crippen molar-refractivity contribution in [2.75, 3.05) is 13.2 Å². The number of hydrogen-bond donors (Lipinski definition) is 1. The average Bonchev–Trinajstić information content (AvgIpc) is 2.65. The molecule has 0 radical (unpaired) electrons. The van der Waals surface area contributed by atoms with Crippen LogP contribution in [0.2, 0.25) is 0 Å². The summed E-state index contributed by atoms with van der Waals surface area (Å²) in [6.07, 6.45) is 5.70. The van der Waals surface area contributed by atoms with E-state index in [9.17, 15) is 0 Å². The normalized spacial score (nSPS) is 41.3. The van der Waals surface area contributed by atoms with Crippen molar-refractivity contribution in [1.29, 1.82) is 5.26 Å². The fourth-order valence-electron chi connectivity index (χ4n) is 2.78. The topological polar surface area (TPSA) is 45.0 Å². The Morgan fingerprint density at radius 1 is 1.40 bits per heavy atom. The van der Waals surface area contributed by atoms with Gasteiger partial charge in [0.1, 0.15) is 0 Å². The van der Waals surface area contributed by atoms with E-state index >= 15 is 0 Å². The van der Waals surface area contributed by atoms with Gasteiger partial charge in [0.15, 0.2) is 0 Å². The molecule has 3 atom stereocenters. The Bertz CT molecular complexity index is 253. The van der Waals surface area contributed by atoms with Gasteiger partial charge in [-0.25, -0.2) is 0 Å². The zero-order valence-electron chi connectivity index (χ0n) is 9.46. The molecule has 1 saturated heterocycles. The molecule has 2 fully saturated rings. The van der Waals surface area contributed by atoms with Crippen LogP contribution < -0.4 is 5.32 Å². The average molecular weight is 208 g/mol. The molecule has 84 valence electrons. The first-order valence-corrected chi connectivity index (χ1v) is 5.99. The van der Waals surface area contributed by atoms with Crippen LogP contribution in [0.3, 0.4) is 0 Å². The summed E-state index contributed by atoms with van der Waals surface area (Å²) in [5.41, 5.74) is 0.0996. The van der Waals surface area contributed by atoms with Gasteiger partial charge in [0.25, 0.3) is 0 Å². The van der Waals surface area contributed by atoms with E-state index in [2.05, 4.69) is 18.3 Å². The van der Waals surface area contributed by atoms with Crippen LogP contribution in [0.25, 0.3) is 0 Å². The van der Waals surface area contributed by atoms with Crippen LogP contribution in [-0.4, -0.2) is 24.8 Å². The summed E-state index contributed by atoms with van der Waals surface area (Å²) in [4.78, 5) is 0. The zero-order chi connectivity index (χ0) is 10.7. The molecule has 3 unspecified atom stereocenters. The molecule has 1 N–H and O–H groups in total. The van der Waals surface area contributed by atoms with Crippen molar-refractivity contribution in [3.05, 3.63) is 0 Å². The second-order valence-electron chi connectivity index (χ2n) is 5.13. The summed E-state index contributed by atoms with van der Waals surface area (Å²) >= 11 is 0. The van der Waals surface area contributed by atoms with Crippen LogP contribution in [0.15, 0.2) is 0 Å². The molecule has 0 amide bonds. The molecule has 3 heteroatoms. The lowest BCUT2D eigenvalue weighted by molar-refractivity contribution is 0.0220. The number of rotatable bonds is 2. The third kappa shape index (κ3) is 2.50. The van der Waals surface area contributed by atoms with Gasteiger partial charge in [-0.3, -0.25) is 0 Å². The highest BCUT2D eigenvalue weighted by Gasteiger charge is 2.35. The molecule has 0 aromatic heterocycles. The monoisotopic (exact) mass is 208 g/mol. The lowest BCUT2D eigenvalue weighted by atomic mass is 9.92. The molecule has 2 aliphatic rings. The van der Waals surface area contributed by atoms with Crippen molar-refractivity contribution >= 4 is 0 Å². The van der Waals surface area contributed by atoms with E-state index in [1.165, 1.54) is 12.8 Å².